The maximum Gasteiger partial charge on any atom is 0.271 e. The molecule has 0 bridgehead atoms. The summed E-state index contributed by atoms with van der Waals surface area (Å²) in [6, 6.07) is 5.95. The highest BCUT2D eigenvalue weighted by Gasteiger charge is 2.19. The number of benzene rings is 1. The lowest BCUT2D eigenvalue weighted by atomic mass is 10.3. The molecule has 0 atom stereocenters. The molecule has 1 heterocycles. The summed E-state index contributed by atoms with van der Waals surface area (Å²) < 4.78 is 38.8. The van der Waals surface area contributed by atoms with Gasteiger partial charge in [0, 0.05) is 5.69 Å². The van der Waals surface area contributed by atoms with Crippen LogP contribution in [0.4, 0.5) is 11.5 Å². The first-order valence-electron chi connectivity index (χ1n) is 4.78. The van der Waals surface area contributed by atoms with E-state index in [0.717, 1.165) is 11.7 Å². The minimum atomic E-state index is -3.74. The van der Waals surface area contributed by atoms with Gasteiger partial charge in [-0.2, -0.15) is 4.37 Å². The molecule has 1 aromatic carbocycles. The van der Waals surface area contributed by atoms with E-state index in [9.17, 15) is 8.42 Å². The Balaban J connectivity index is 2.33. The summed E-state index contributed by atoms with van der Waals surface area (Å²) in [5.41, 5.74) is 5.90. The first kappa shape index (κ1) is 12.6. The van der Waals surface area contributed by atoms with Crippen molar-refractivity contribution in [3.05, 3.63) is 24.3 Å². The van der Waals surface area contributed by atoms with E-state index in [1.807, 2.05) is 0 Å². The van der Waals surface area contributed by atoms with Gasteiger partial charge < -0.3 is 10.5 Å². The van der Waals surface area contributed by atoms with Crippen molar-refractivity contribution in [3.63, 3.8) is 0 Å². The van der Waals surface area contributed by atoms with Crippen LogP contribution in [-0.2, 0) is 10.0 Å². The van der Waals surface area contributed by atoms with Gasteiger partial charge in [0.15, 0.2) is 0 Å². The molecule has 2 rings (SSSR count). The van der Waals surface area contributed by atoms with Crippen molar-refractivity contribution in [2.45, 2.75) is 4.90 Å². The summed E-state index contributed by atoms with van der Waals surface area (Å²) in [4.78, 5) is 0.0533. The minimum Gasteiger partial charge on any atom is -0.478 e. The van der Waals surface area contributed by atoms with Gasteiger partial charge in [0.2, 0.25) is 5.82 Å². The monoisotopic (exact) mass is 286 g/mol. The lowest BCUT2D eigenvalue weighted by Gasteiger charge is -2.06. The highest BCUT2D eigenvalue weighted by Crippen LogP contribution is 2.24. The molecule has 7 nitrogen and oxygen atoms in total. The van der Waals surface area contributed by atoms with E-state index in [1.54, 1.807) is 12.1 Å². The van der Waals surface area contributed by atoms with Crippen LogP contribution in [0.5, 0.6) is 5.88 Å². The van der Waals surface area contributed by atoms with Crippen molar-refractivity contribution >= 4 is 33.3 Å². The van der Waals surface area contributed by atoms with E-state index >= 15 is 0 Å². The maximum absolute atomic E-state index is 12.0. The molecule has 0 aliphatic rings. The normalized spacial score (nSPS) is 11.2. The molecule has 0 amide bonds. The van der Waals surface area contributed by atoms with Crippen LogP contribution < -0.4 is 15.2 Å². The highest BCUT2D eigenvalue weighted by atomic mass is 32.2. The molecular weight excluding hydrogens is 276 g/mol. The first-order chi connectivity index (χ1) is 8.53. The second-order valence-corrected chi connectivity index (χ2v) is 5.51. The number of nitrogens with one attached hydrogen (secondary N) is 1. The Kier molecular flexibility index (Phi) is 3.34. The summed E-state index contributed by atoms with van der Waals surface area (Å²) in [7, 11) is -2.36. The number of aromatic nitrogens is 2. The SMILES string of the molecule is COc1nsnc1NS(=O)(=O)c1cccc(N)c1. The Morgan fingerprint density at radius 1 is 1.39 bits per heavy atom. The van der Waals surface area contributed by atoms with E-state index in [-0.39, 0.29) is 16.6 Å². The molecule has 1 aromatic heterocycles. The van der Waals surface area contributed by atoms with Crippen LogP contribution in [0, 0.1) is 0 Å². The van der Waals surface area contributed by atoms with Crippen LogP contribution in [0.15, 0.2) is 29.2 Å². The minimum absolute atomic E-state index is 0.0533. The first-order valence-corrected chi connectivity index (χ1v) is 6.99. The van der Waals surface area contributed by atoms with Crippen LogP contribution in [0.3, 0.4) is 0 Å². The van der Waals surface area contributed by atoms with E-state index in [1.165, 1.54) is 19.2 Å². The van der Waals surface area contributed by atoms with Gasteiger partial charge in [0.05, 0.1) is 23.7 Å². The molecule has 0 saturated carbocycles. The Bertz CT molecular complexity index is 653. The highest BCUT2D eigenvalue weighted by molar-refractivity contribution is 7.92. The molecule has 0 spiro atoms. The van der Waals surface area contributed by atoms with Crippen molar-refractivity contribution < 1.29 is 13.2 Å². The molecular formula is C9H10N4O3S2. The van der Waals surface area contributed by atoms with Gasteiger partial charge in [0.25, 0.3) is 15.9 Å². The standard InChI is InChI=1S/C9H10N4O3S2/c1-16-9-8(11-17-12-9)13-18(14,15)7-4-2-3-6(10)5-7/h2-5H,10H2,1H3,(H,11,13). The largest absolute Gasteiger partial charge is 0.478 e. The van der Waals surface area contributed by atoms with Crippen molar-refractivity contribution in [3.8, 4) is 5.88 Å². The Labute approximate surface area is 108 Å². The van der Waals surface area contributed by atoms with Gasteiger partial charge in [-0.15, -0.1) is 4.37 Å². The fourth-order valence-electron chi connectivity index (χ4n) is 1.24. The van der Waals surface area contributed by atoms with Crippen molar-refractivity contribution in [2.24, 2.45) is 0 Å². The fourth-order valence-corrected chi connectivity index (χ4v) is 2.84. The summed E-state index contributed by atoms with van der Waals surface area (Å²) >= 11 is 0.853. The third-order valence-electron chi connectivity index (χ3n) is 2.05. The molecule has 3 N–H and O–H groups in total. The lowest BCUT2D eigenvalue weighted by molar-refractivity contribution is 0.404. The Morgan fingerprint density at radius 3 is 2.83 bits per heavy atom. The van der Waals surface area contributed by atoms with Gasteiger partial charge in [0.1, 0.15) is 0 Å². The average Bonchev–Trinajstić information content (AvgIpc) is 2.75. The van der Waals surface area contributed by atoms with E-state index in [2.05, 4.69) is 13.5 Å². The number of methoxy groups -OCH3 is 1. The molecule has 0 aliphatic heterocycles. The molecule has 0 fully saturated rings. The van der Waals surface area contributed by atoms with Gasteiger partial charge in [-0.3, -0.25) is 4.72 Å². The van der Waals surface area contributed by atoms with Crippen LogP contribution in [-0.4, -0.2) is 24.3 Å². The Hall–Kier alpha value is -1.87. The fraction of sp³-hybridized carbons (Fsp3) is 0.111. The van der Waals surface area contributed by atoms with Crippen LogP contribution in [0.2, 0.25) is 0 Å². The molecule has 9 heteroatoms. The molecule has 96 valence electrons. The number of anilines is 2. The molecule has 0 radical (unpaired) electrons. The maximum atomic E-state index is 12.0. The van der Waals surface area contributed by atoms with Crippen LogP contribution in [0.25, 0.3) is 0 Å². The summed E-state index contributed by atoms with van der Waals surface area (Å²) in [5, 5.41) is 0. The van der Waals surface area contributed by atoms with Gasteiger partial charge in [-0.05, 0) is 18.2 Å². The summed E-state index contributed by atoms with van der Waals surface area (Å²) in [5.74, 6) is 0.192. The third kappa shape index (κ3) is 2.51. The number of nitrogens with two attached hydrogens (primary N) is 1. The number of hydrogen-bond donors (Lipinski definition) is 2. The molecule has 2 aromatic rings. The second-order valence-electron chi connectivity index (χ2n) is 3.30. The number of rotatable bonds is 4. The van der Waals surface area contributed by atoms with Gasteiger partial charge >= 0.3 is 0 Å². The number of hydrogen-bond acceptors (Lipinski definition) is 7. The molecule has 18 heavy (non-hydrogen) atoms. The molecule has 0 saturated heterocycles. The van der Waals surface area contributed by atoms with E-state index in [4.69, 9.17) is 10.5 Å². The third-order valence-corrected chi connectivity index (χ3v) is 3.90. The van der Waals surface area contributed by atoms with Gasteiger partial charge in [-0.25, -0.2) is 8.42 Å². The summed E-state index contributed by atoms with van der Waals surface area (Å²) in [6.07, 6.45) is 0. The van der Waals surface area contributed by atoms with Crippen molar-refractivity contribution in [1.29, 1.82) is 0 Å². The second kappa shape index (κ2) is 4.78. The number of nitrogen functional groups attached to an aromatic ring is 1. The number of sulfonamides is 1. The number of nitrogens with zero attached hydrogens (tertiary/aromatic N) is 2. The number of ether oxygens (including phenoxy) is 1. The van der Waals surface area contributed by atoms with Crippen molar-refractivity contribution in [1.82, 2.24) is 8.75 Å². The zero-order chi connectivity index (χ0) is 13.2. The quantitative estimate of drug-likeness (QED) is 0.810. The van der Waals surface area contributed by atoms with Crippen LogP contribution >= 0.6 is 11.7 Å². The van der Waals surface area contributed by atoms with Crippen molar-refractivity contribution in [2.75, 3.05) is 17.6 Å². The molecule has 0 aliphatic carbocycles. The van der Waals surface area contributed by atoms with E-state index < -0.39 is 10.0 Å². The average molecular weight is 286 g/mol. The van der Waals surface area contributed by atoms with Gasteiger partial charge in [-0.1, -0.05) is 6.07 Å². The Morgan fingerprint density at radius 2 is 2.17 bits per heavy atom. The van der Waals surface area contributed by atoms with E-state index in [0.29, 0.717) is 5.69 Å². The topological polar surface area (TPSA) is 107 Å². The lowest BCUT2D eigenvalue weighted by Crippen LogP contribution is -2.14. The zero-order valence-electron chi connectivity index (χ0n) is 9.32. The zero-order valence-corrected chi connectivity index (χ0v) is 11.0. The predicted octanol–water partition coefficient (Wildman–Crippen LogP) is 0.930. The molecule has 0 unspecified atom stereocenters. The predicted molar refractivity (Wildman–Crippen MR) is 68.1 cm³/mol. The van der Waals surface area contributed by atoms with Crippen LogP contribution in [0.1, 0.15) is 0 Å². The summed E-state index contributed by atoms with van der Waals surface area (Å²) in [6.45, 7) is 0. The smallest absolute Gasteiger partial charge is 0.271 e.